The number of carbonyl (C=O) groups excluding carboxylic acids is 1. The summed E-state index contributed by atoms with van der Waals surface area (Å²) in [5, 5.41) is 10.0. The molecule has 3 heterocycles. The van der Waals surface area contributed by atoms with Gasteiger partial charge in [0.05, 0.1) is 11.3 Å². The van der Waals surface area contributed by atoms with E-state index in [1.54, 1.807) is 24.4 Å². The number of aromatic amines is 1. The Morgan fingerprint density at radius 3 is 2.48 bits per heavy atom. The van der Waals surface area contributed by atoms with E-state index >= 15 is 0 Å². The molecular formula is C21H17F4N3O3. The quantitative estimate of drug-likeness (QED) is 0.526. The molecule has 6 nitrogen and oxygen atoms in total. The Kier molecular flexibility index (Phi) is 6.09. The molecule has 4 rings (SSSR count). The van der Waals surface area contributed by atoms with Crippen LogP contribution in [0.4, 0.5) is 17.6 Å². The zero-order valence-corrected chi connectivity index (χ0v) is 16.1. The van der Waals surface area contributed by atoms with Gasteiger partial charge in [0.25, 0.3) is 5.91 Å². The van der Waals surface area contributed by atoms with E-state index < -0.39 is 12.1 Å². The smallest absolute Gasteiger partial charge is 0.475 e. The van der Waals surface area contributed by atoms with Gasteiger partial charge in [-0.15, -0.1) is 0 Å². The molecule has 0 radical (unpaired) electrons. The number of aromatic nitrogens is 2. The monoisotopic (exact) mass is 435 g/mol. The van der Waals surface area contributed by atoms with Crippen molar-refractivity contribution in [2.75, 3.05) is 0 Å². The molecule has 1 atom stereocenters. The number of halogens is 4. The van der Waals surface area contributed by atoms with Gasteiger partial charge in [0.1, 0.15) is 5.82 Å². The summed E-state index contributed by atoms with van der Waals surface area (Å²) in [6, 6.07) is 12.2. The van der Waals surface area contributed by atoms with Crippen molar-refractivity contribution in [1.29, 1.82) is 0 Å². The van der Waals surface area contributed by atoms with Crippen LogP contribution in [0.1, 0.15) is 23.0 Å². The predicted molar refractivity (Wildman–Crippen MR) is 104 cm³/mol. The number of fused-ring (bicyclic) bond motifs is 1. The first-order valence-corrected chi connectivity index (χ1v) is 9.10. The van der Waals surface area contributed by atoms with Crippen LogP contribution in [-0.2, 0) is 11.2 Å². The van der Waals surface area contributed by atoms with Gasteiger partial charge in [-0.3, -0.25) is 9.78 Å². The molecule has 1 amide bonds. The van der Waals surface area contributed by atoms with Gasteiger partial charge in [-0.2, -0.15) is 13.2 Å². The van der Waals surface area contributed by atoms with E-state index in [0.717, 1.165) is 23.4 Å². The summed E-state index contributed by atoms with van der Waals surface area (Å²) in [5.74, 6) is -3.12. The van der Waals surface area contributed by atoms with Crippen LogP contribution in [0.5, 0.6) is 0 Å². The second kappa shape index (κ2) is 8.58. The molecule has 1 aliphatic heterocycles. The fraction of sp³-hybridized carbons (Fsp3) is 0.190. The number of pyridine rings is 1. The Bertz CT molecular complexity index is 1130. The Labute approximate surface area is 173 Å². The third kappa shape index (κ3) is 5.08. The van der Waals surface area contributed by atoms with Crippen LogP contribution in [-0.4, -0.2) is 39.2 Å². The summed E-state index contributed by atoms with van der Waals surface area (Å²) in [6.07, 6.45) is -2.66. The number of rotatable bonds is 2. The molecule has 1 aliphatic rings. The lowest BCUT2D eigenvalue weighted by atomic mass is 10.0. The van der Waals surface area contributed by atoms with E-state index in [-0.39, 0.29) is 17.8 Å². The Hall–Kier alpha value is -3.69. The minimum Gasteiger partial charge on any atom is -0.475 e. The van der Waals surface area contributed by atoms with Crippen LogP contribution in [0.15, 0.2) is 48.7 Å². The lowest BCUT2D eigenvalue weighted by molar-refractivity contribution is -0.192. The molecule has 0 fully saturated rings. The Morgan fingerprint density at radius 1 is 1.16 bits per heavy atom. The zero-order valence-electron chi connectivity index (χ0n) is 16.1. The number of aliphatic carboxylic acids is 1. The number of carbonyl (C=O) groups is 2. The molecule has 3 aromatic rings. The van der Waals surface area contributed by atoms with E-state index in [4.69, 9.17) is 9.90 Å². The van der Waals surface area contributed by atoms with Crippen LogP contribution in [0.2, 0.25) is 0 Å². The fourth-order valence-electron chi connectivity index (χ4n) is 3.09. The number of amides is 1. The minimum atomic E-state index is -5.08. The molecule has 0 saturated heterocycles. The Balaban J connectivity index is 0.000000339. The van der Waals surface area contributed by atoms with Crippen LogP contribution in [0.25, 0.3) is 22.5 Å². The second-order valence-electron chi connectivity index (χ2n) is 6.87. The van der Waals surface area contributed by atoms with Crippen molar-refractivity contribution in [3.8, 4) is 22.5 Å². The number of carboxylic acid groups (broad SMARTS) is 1. The van der Waals surface area contributed by atoms with Crippen LogP contribution in [0.3, 0.4) is 0 Å². The van der Waals surface area contributed by atoms with Gasteiger partial charge in [-0.25, -0.2) is 9.18 Å². The maximum Gasteiger partial charge on any atom is 0.490 e. The van der Waals surface area contributed by atoms with Gasteiger partial charge in [0, 0.05) is 41.2 Å². The largest absolute Gasteiger partial charge is 0.490 e. The number of hydrogen-bond acceptors (Lipinski definition) is 3. The minimum absolute atomic E-state index is 0.0605. The molecule has 162 valence electrons. The molecule has 1 unspecified atom stereocenters. The number of nitrogens with one attached hydrogen (secondary N) is 2. The molecular weight excluding hydrogens is 418 g/mol. The highest BCUT2D eigenvalue weighted by atomic mass is 19.4. The summed E-state index contributed by atoms with van der Waals surface area (Å²) < 4.78 is 45.7. The normalized spacial score (nSPS) is 15.4. The second-order valence-corrected chi connectivity index (χ2v) is 6.87. The summed E-state index contributed by atoms with van der Waals surface area (Å²) in [5.41, 5.74) is 4.35. The van der Waals surface area contributed by atoms with Crippen molar-refractivity contribution in [2.45, 2.75) is 25.6 Å². The van der Waals surface area contributed by atoms with Gasteiger partial charge in [0.2, 0.25) is 0 Å². The van der Waals surface area contributed by atoms with E-state index in [9.17, 15) is 22.4 Å². The van der Waals surface area contributed by atoms with E-state index in [0.29, 0.717) is 16.8 Å². The first-order valence-electron chi connectivity index (χ1n) is 9.10. The van der Waals surface area contributed by atoms with Gasteiger partial charge in [-0.05, 0) is 37.3 Å². The number of benzene rings is 1. The van der Waals surface area contributed by atoms with Crippen molar-refractivity contribution in [1.82, 2.24) is 15.3 Å². The van der Waals surface area contributed by atoms with Crippen LogP contribution < -0.4 is 5.32 Å². The van der Waals surface area contributed by atoms with Crippen molar-refractivity contribution < 1.29 is 32.3 Å². The van der Waals surface area contributed by atoms with Gasteiger partial charge in [0.15, 0.2) is 0 Å². The summed E-state index contributed by atoms with van der Waals surface area (Å²) in [6.45, 7) is 1.98. The number of H-pyrrole nitrogens is 1. The van der Waals surface area contributed by atoms with Crippen molar-refractivity contribution in [3.05, 3.63) is 65.7 Å². The lowest BCUT2D eigenvalue weighted by Crippen LogP contribution is -2.38. The summed E-state index contributed by atoms with van der Waals surface area (Å²) in [4.78, 5) is 28.6. The molecule has 2 aromatic heterocycles. The molecule has 0 saturated carbocycles. The molecule has 0 spiro atoms. The van der Waals surface area contributed by atoms with Crippen molar-refractivity contribution in [3.63, 3.8) is 0 Å². The lowest BCUT2D eigenvalue weighted by Gasteiger charge is -2.19. The van der Waals surface area contributed by atoms with Crippen LogP contribution in [0, 0.1) is 5.82 Å². The van der Waals surface area contributed by atoms with Crippen LogP contribution >= 0.6 is 0 Å². The maximum absolute atomic E-state index is 14.0. The predicted octanol–water partition coefficient (Wildman–Crippen LogP) is 4.19. The first kappa shape index (κ1) is 22.0. The van der Waals surface area contributed by atoms with E-state index in [1.165, 1.54) is 6.07 Å². The highest BCUT2D eigenvalue weighted by Crippen LogP contribution is 2.28. The van der Waals surface area contributed by atoms with Gasteiger partial charge >= 0.3 is 12.1 Å². The maximum atomic E-state index is 14.0. The summed E-state index contributed by atoms with van der Waals surface area (Å²) >= 11 is 0. The number of nitrogens with zero attached hydrogens (tertiary/aromatic N) is 1. The zero-order chi connectivity index (χ0) is 22.8. The van der Waals surface area contributed by atoms with Gasteiger partial charge < -0.3 is 15.4 Å². The van der Waals surface area contributed by atoms with E-state index in [1.807, 2.05) is 25.1 Å². The third-order valence-corrected chi connectivity index (χ3v) is 4.50. The topological polar surface area (TPSA) is 95.1 Å². The molecule has 31 heavy (non-hydrogen) atoms. The average Bonchev–Trinajstić information content (AvgIpc) is 3.13. The molecule has 1 aromatic carbocycles. The standard InChI is InChI=1S/C19H16FN3O.C2HF3O2/c1-11-8-18-14(19(24)22-11)10-16(23-18)12-6-7-21-17(9-12)13-4-2-3-5-15(13)20;3-2(4,5)1(6)7/h2-7,9-11,23H,8H2,1H3,(H,22,24);(H,6,7). The van der Waals surface area contributed by atoms with E-state index in [2.05, 4.69) is 15.3 Å². The third-order valence-electron chi connectivity index (χ3n) is 4.50. The molecule has 3 N–H and O–H groups in total. The number of alkyl halides is 3. The highest BCUT2D eigenvalue weighted by molar-refractivity contribution is 5.98. The van der Waals surface area contributed by atoms with Gasteiger partial charge in [-0.1, -0.05) is 12.1 Å². The Morgan fingerprint density at radius 2 is 1.84 bits per heavy atom. The molecule has 0 aliphatic carbocycles. The van der Waals surface area contributed by atoms with Crippen molar-refractivity contribution >= 4 is 11.9 Å². The molecule has 0 bridgehead atoms. The number of hydrogen-bond donors (Lipinski definition) is 3. The average molecular weight is 435 g/mol. The number of carboxylic acids is 1. The summed E-state index contributed by atoms with van der Waals surface area (Å²) in [7, 11) is 0. The SMILES string of the molecule is CC1Cc2[nH]c(-c3ccnc(-c4ccccc4F)c3)cc2C(=O)N1.O=C(O)C(F)(F)F. The fourth-order valence-corrected chi connectivity index (χ4v) is 3.09. The highest BCUT2D eigenvalue weighted by Gasteiger charge is 2.38. The first-order chi connectivity index (χ1) is 14.6. The van der Waals surface area contributed by atoms with Crippen molar-refractivity contribution in [2.24, 2.45) is 0 Å². The molecule has 10 heteroatoms.